The summed E-state index contributed by atoms with van der Waals surface area (Å²) in [5.74, 6) is 0.624. The molecule has 0 amide bonds. The highest BCUT2D eigenvalue weighted by atomic mass is 35.5. The molecule has 74 valence electrons. The van der Waals surface area contributed by atoms with Crippen LogP contribution in [0.3, 0.4) is 0 Å². The minimum absolute atomic E-state index is 0.624. The third-order valence-electron chi connectivity index (χ3n) is 2.11. The van der Waals surface area contributed by atoms with Crippen LogP contribution in [0.25, 0.3) is 5.65 Å². The lowest BCUT2D eigenvalue weighted by molar-refractivity contribution is 0.638. The topological polar surface area (TPSA) is 17.3 Å². The van der Waals surface area contributed by atoms with Crippen molar-refractivity contribution in [2.75, 3.05) is 0 Å². The first-order valence-corrected chi connectivity index (χ1v) is 5.17. The number of rotatable bonds is 2. The predicted molar refractivity (Wildman–Crippen MR) is 58.7 cm³/mol. The minimum atomic E-state index is 0.624. The molecule has 3 heteroatoms. The van der Waals surface area contributed by atoms with Crippen LogP contribution in [0.5, 0.6) is 0 Å². The molecule has 0 fully saturated rings. The molecule has 14 heavy (non-hydrogen) atoms. The van der Waals surface area contributed by atoms with E-state index < -0.39 is 0 Å². The van der Waals surface area contributed by atoms with Crippen molar-refractivity contribution in [3.63, 3.8) is 0 Å². The SMILES string of the molecule is CC(C)Cc1cn2c(Cl)cccc2n1. The van der Waals surface area contributed by atoms with Gasteiger partial charge in [-0.15, -0.1) is 0 Å². The Kier molecular flexibility index (Phi) is 2.46. The molecule has 0 saturated carbocycles. The van der Waals surface area contributed by atoms with E-state index in [1.54, 1.807) is 0 Å². The van der Waals surface area contributed by atoms with E-state index >= 15 is 0 Å². The van der Waals surface area contributed by atoms with Gasteiger partial charge in [-0.25, -0.2) is 4.98 Å². The zero-order chi connectivity index (χ0) is 10.1. The van der Waals surface area contributed by atoms with Crippen LogP contribution in [-0.2, 0) is 6.42 Å². The highest BCUT2D eigenvalue weighted by Crippen LogP contribution is 2.15. The van der Waals surface area contributed by atoms with Crippen LogP contribution < -0.4 is 0 Å². The maximum Gasteiger partial charge on any atom is 0.138 e. The fraction of sp³-hybridized carbons (Fsp3) is 0.364. The maximum absolute atomic E-state index is 6.03. The Morgan fingerprint density at radius 1 is 1.43 bits per heavy atom. The highest BCUT2D eigenvalue weighted by Gasteiger charge is 2.05. The molecule has 0 bridgehead atoms. The molecule has 2 heterocycles. The molecule has 0 aromatic carbocycles. The van der Waals surface area contributed by atoms with Gasteiger partial charge in [0.2, 0.25) is 0 Å². The third kappa shape index (κ3) is 1.75. The van der Waals surface area contributed by atoms with E-state index in [0.29, 0.717) is 11.1 Å². The zero-order valence-corrected chi connectivity index (χ0v) is 9.12. The van der Waals surface area contributed by atoms with Gasteiger partial charge in [-0.05, 0) is 24.5 Å². The first-order chi connectivity index (χ1) is 6.66. The Bertz CT molecular complexity index is 445. The number of nitrogens with zero attached hydrogens (tertiary/aromatic N) is 2. The molecule has 0 spiro atoms. The van der Waals surface area contributed by atoms with E-state index in [4.69, 9.17) is 11.6 Å². The maximum atomic E-state index is 6.03. The summed E-state index contributed by atoms with van der Waals surface area (Å²) in [6.07, 6.45) is 3.01. The number of hydrogen-bond donors (Lipinski definition) is 0. The molecule has 2 aromatic rings. The first kappa shape index (κ1) is 9.53. The van der Waals surface area contributed by atoms with E-state index in [1.165, 1.54) is 0 Å². The number of imidazole rings is 1. The Hall–Kier alpha value is -1.02. The van der Waals surface area contributed by atoms with Crippen molar-refractivity contribution in [2.24, 2.45) is 5.92 Å². The van der Waals surface area contributed by atoms with Crippen LogP contribution in [0.2, 0.25) is 5.15 Å². The average Bonchev–Trinajstić information content (AvgIpc) is 2.47. The summed E-state index contributed by atoms with van der Waals surface area (Å²) in [6, 6.07) is 5.76. The second-order valence-corrected chi connectivity index (χ2v) is 4.29. The molecule has 0 aliphatic rings. The highest BCUT2D eigenvalue weighted by molar-refractivity contribution is 6.29. The fourth-order valence-electron chi connectivity index (χ4n) is 1.54. The van der Waals surface area contributed by atoms with Gasteiger partial charge in [0.1, 0.15) is 10.8 Å². The van der Waals surface area contributed by atoms with Crippen molar-refractivity contribution in [3.8, 4) is 0 Å². The van der Waals surface area contributed by atoms with Crippen LogP contribution in [0, 0.1) is 5.92 Å². The van der Waals surface area contributed by atoms with Crippen molar-refractivity contribution < 1.29 is 0 Å². The van der Waals surface area contributed by atoms with Gasteiger partial charge in [-0.1, -0.05) is 31.5 Å². The Morgan fingerprint density at radius 3 is 2.86 bits per heavy atom. The average molecular weight is 209 g/mol. The summed E-state index contributed by atoms with van der Waals surface area (Å²) in [7, 11) is 0. The van der Waals surface area contributed by atoms with Crippen molar-refractivity contribution in [1.82, 2.24) is 9.38 Å². The molecule has 0 unspecified atom stereocenters. The van der Waals surface area contributed by atoms with Gasteiger partial charge in [0.15, 0.2) is 0 Å². The lowest BCUT2D eigenvalue weighted by Gasteiger charge is -1.98. The monoisotopic (exact) mass is 208 g/mol. The largest absolute Gasteiger partial charge is 0.290 e. The minimum Gasteiger partial charge on any atom is -0.290 e. The van der Waals surface area contributed by atoms with Crippen molar-refractivity contribution in [3.05, 3.63) is 35.2 Å². The van der Waals surface area contributed by atoms with Gasteiger partial charge in [-0.2, -0.15) is 0 Å². The number of pyridine rings is 1. The number of hydrogen-bond acceptors (Lipinski definition) is 1. The standard InChI is InChI=1S/C11H13ClN2/c1-8(2)6-9-7-14-10(12)4-3-5-11(14)13-9/h3-5,7-8H,6H2,1-2H3. The summed E-state index contributed by atoms with van der Waals surface area (Å²) >= 11 is 6.03. The van der Waals surface area contributed by atoms with Gasteiger partial charge in [-0.3, -0.25) is 4.40 Å². The van der Waals surface area contributed by atoms with Gasteiger partial charge in [0, 0.05) is 6.20 Å². The predicted octanol–water partition coefficient (Wildman–Crippen LogP) is 3.19. The summed E-state index contributed by atoms with van der Waals surface area (Å²) in [4.78, 5) is 4.49. The molecule has 0 aliphatic carbocycles. The van der Waals surface area contributed by atoms with Crippen molar-refractivity contribution in [1.29, 1.82) is 0 Å². The Balaban J connectivity index is 2.46. The molecule has 0 atom stereocenters. The molecular weight excluding hydrogens is 196 g/mol. The van der Waals surface area contributed by atoms with E-state index in [2.05, 4.69) is 18.8 Å². The second-order valence-electron chi connectivity index (χ2n) is 3.91. The smallest absolute Gasteiger partial charge is 0.138 e. The van der Waals surface area contributed by atoms with Crippen LogP contribution in [0.15, 0.2) is 24.4 Å². The van der Waals surface area contributed by atoms with Gasteiger partial charge < -0.3 is 0 Å². The molecule has 0 saturated heterocycles. The van der Waals surface area contributed by atoms with E-state index in [9.17, 15) is 0 Å². The van der Waals surface area contributed by atoms with Crippen LogP contribution >= 0.6 is 11.6 Å². The zero-order valence-electron chi connectivity index (χ0n) is 8.37. The normalized spacial score (nSPS) is 11.4. The number of halogens is 1. The molecule has 2 nitrogen and oxygen atoms in total. The summed E-state index contributed by atoms with van der Waals surface area (Å²) in [5, 5.41) is 0.713. The molecule has 0 N–H and O–H groups in total. The molecule has 2 rings (SSSR count). The lowest BCUT2D eigenvalue weighted by atomic mass is 10.1. The fourth-order valence-corrected chi connectivity index (χ4v) is 1.75. The summed E-state index contributed by atoms with van der Waals surface area (Å²) < 4.78 is 1.92. The number of fused-ring (bicyclic) bond motifs is 1. The van der Waals surface area contributed by atoms with Crippen molar-refractivity contribution in [2.45, 2.75) is 20.3 Å². The Morgan fingerprint density at radius 2 is 2.21 bits per heavy atom. The van der Waals surface area contributed by atoms with Crippen LogP contribution in [0.1, 0.15) is 19.5 Å². The molecule has 0 radical (unpaired) electrons. The van der Waals surface area contributed by atoms with Crippen LogP contribution in [0.4, 0.5) is 0 Å². The lowest BCUT2D eigenvalue weighted by Crippen LogP contribution is -1.93. The second kappa shape index (κ2) is 3.62. The molecule has 2 aromatic heterocycles. The summed E-state index contributed by atoms with van der Waals surface area (Å²) in [6.45, 7) is 4.37. The Labute approximate surface area is 88.5 Å². The van der Waals surface area contributed by atoms with Gasteiger partial charge >= 0.3 is 0 Å². The van der Waals surface area contributed by atoms with Crippen molar-refractivity contribution >= 4 is 17.2 Å². The third-order valence-corrected chi connectivity index (χ3v) is 2.42. The first-order valence-electron chi connectivity index (χ1n) is 4.79. The summed E-state index contributed by atoms with van der Waals surface area (Å²) in [5.41, 5.74) is 2.03. The van der Waals surface area contributed by atoms with E-state index in [0.717, 1.165) is 17.8 Å². The van der Waals surface area contributed by atoms with Gasteiger partial charge in [0.25, 0.3) is 0 Å². The van der Waals surface area contributed by atoms with E-state index in [-0.39, 0.29) is 0 Å². The van der Waals surface area contributed by atoms with E-state index in [1.807, 2.05) is 28.8 Å². The molecular formula is C11H13ClN2. The molecule has 0 aliphatic heterocycles. The quantitative estimate of drug-likeness (QED) is 0.693. The van der Waals surface area contributed by atoms with Crippen LogP contribution in [-0.4, -0.2) is 9.38 Å². The number of aromatic nitrogens is 2. The van der Waals surface area contributed by atoms with Gasteiger partial charge in [0.05, 0.1) is 5.69 Å².